The molecular weight excluding hydrogens is 320 g/mol. The van der Waals surface area contributed by atoms with Crippen LogP contribution in [0.15, 0.2) is 85.0 Å². The number of carbonyl (C=O) groups is 1. The fourth-order valence-corrected chi connectivity index (χ4v) is 1.99. The zero-order chi connectivity index (χ0) is 19.4. The molecule has 0 bridgehead atoms. The van der Waals surface area contributed by atoms with Crippen LogP contribution < -0.4 is 0 Å². The Morgan fingerprint density at radius 2 is 1.46 bits per heavy atom. The highest BCUT2D eigenvalue weighted by molar-refractivity contribution is 5.79. The Morgan fingerprint density at radius 3 is 1.92 bits per heavy atom. The van der Waals surface area contributed by atoms with E-state index in [-0.39, 0.29) is 5.41 Å². The highest BCUT2D eigenvalue weighted by Gasteiger charge is 2.03. The Hall–Kier alpha value is -2.87. The van der Waals surface area contributed by atoms with Crippen LogP contribution in [-0.4, -0.2) is 11.1 Å². The maximum atomic E-state index is 9.96. The van der Waals surface area contributed by atoms with Crippen molar-refractivity contribution in [2.24, 2.45) is 5.41 Å². The first-order chi connectivity index (χ1) is 12.3. The van der Waals surface area contributed by atoms with E-state index in [4.69, 9.17) is 5.11 Å². The molecule has 0 aliphatic carbocycles. The molecule has 0 radical (unpaired) electrons. The van der Waals surface area contributed by atoms with Crippen LogP contribution in [0.4, 0.5) is 0 Å². The number of carboxylic acid groups (broad SMARTS) is 1. The van der Waals surface area contributed by atoms with E-state index < -0.39 is 5.97 Å². The Bertz CT molecular complexity index is 746. The number of rotatable bonds is 4. The van der Waals surface area contributed by atoms with E-state index in [0.29, 0.717) is 0 Å². The van der Waals surface area contributed by atoms with Gasteiger partial charge in [0.2, 0.25) is 0 Å². The van der Waals surface area contributed by atoms with Crippen molar-refractivity contribution < 1.29 is 9.90 Å². The van der Waals surface area contributed by atoms with Crippen molar-refractivity contribution in [3.8, 4) is 0 Å². The lowest BCUT2D eigenvalue weighted by Crippen LogP contribution is -2.00. The molecule has 2 rings (SSSR count). The van der Waals surface area contributed by atoms with E-state index >= 15 is 0 Å². The van der Waals surface area contributed by atoms with E-state index in [0.717, 1.165) is 0 Å². The average molecular weight is 348 g/mol. The van der Waals surface area contributed by atoms with Crippen molar-refractivity contribution in [3.05, 3.63) is 96.1 Å². The fraction of sp³-hybridized carbons (Fsp3) is 0.208. The number of hydrogen-bond donors (Lipinski definition) is 1. The maximum Gasteiger partial charge on any atom is 0.327 e. The summed E-state index contributed by atoms with van der Waals surface area (Å²) in [4.78, 5) is 9.96. The summed E-state index contributed by atoms with van der Waals surface area (Å²) in [6.07, 6.45) is 9.18. The summed E-state index contributed by atoms with van der Waals surface area (Å²) in [7, 11) is 0. The Morgan fingerprint density at radius 1 is 0.923 bits per heavy atom. The second-order valence-corrected chi connectivity index (χ2v) is 7.02. The molecule has 0 aliphatic heterocycles. The molecule has 2 heteroatoms. The molecule has 2 nitrogen and oxygen atoms in total. The second kappa shape index (κ2) is 10.9. The topological polar surface area (TPSA) is 37.3 Å². The van der Waals surface area contributed by atoms with Gasteiger partial charge in [-0.25, -0.2) is 4.79 Å². The summed E-state index contributed by atoms with van der Waals surface area (Å²) in [6, 6.07) is 20.7. The first kappa shape index (κ1) is 21.2. The van der Waals surface area contributed by atoms with Gasteiger partial charge in [0.25, 0.3) is 0 Å². The molecule has 0 amide bonds. The van der Waals surface area contributed by atoms with Gasteiger partial charge in [-0.1, -0.05) is 106 Å². The van der Waals surface area contributed by atoms with Gasteiger partial charge in [-0.15, -0.1) is 0 Å². The summed E-state index contributed by atoms with van der Waals surface area (Å²) in [5.41, 5.74) is 3.74. The molecule has 0 atom stereocenters. The van der Waals surface area contributed by atoms with Crippen LogP contribution in [0, 0.1) is 5.41 Å². The predicted molar refractivity (Wildman–Crippen MR) is 112 cm³/mol. The van der Waals surface area contributed by atoms with Crippen LogP contribution >= 0.6 is 0 Å². The lowest BCUT2D eigenvalue weighted by Gasteiger charge is -2.09. The monoisotopic (exact) mass is 348 g/mol. The normalized spacial score (nSPS) is 12.1. The summed E-state index contributed by atoms with van der Waals surface area (Å²) in [6.45, 7) is 7.98. The van der Waals surface area contributed by atoms with Crippen molar-refractivity contribution in [1.82, 2.24) is 0 Å². The van der Waals surface area contributed by atoms with Crippen molar-refractivity contribution >= 4 is 17.6 Å². The van der Waals surface area contributed by atoms with Crippen molar-refractivity contribution in [2.45, 2.75) is 27.7 Å². The molecule has 0 saturated carbocycles. The van der Waals surface area contributed by atoms with Gasteiger partial charge in [0, 0.05) is 6.08 Å². The number of hydrogen-bond acceptors (Lipinski definition) is 1. The molecular formula is C24H28O2. The van der Waals surface area contributed by atoms with E-state index in [1.807, 2.05) is 45.0 Å². The average Bonchev–Trinajstić information content (AvgIpc) is 2.61. The highest BCUT2D eigenvalue weighted by atomic mass is 16.4. The first-order valence-electron chi connectivity index (χ1n) is 8.65. The molecule has 0 heterocycles. The molecule has 1 N–H and O–H groups in total. The Balaban J connectivity index is 0.000000321. The number of benzene rings is 2. The van der Waals surface area contributed by atoms with Gasteiger partial charge in [-0.2, -0.15) is 0 Å². The van der Waals surface area contributed by atoms with Crippen molar-refractivity contribution in [2.75, 3.05) is 0 Å². The molecule has 0 fully saturated rings. The lowest BCUT2D eigenvalue weighted by atomic mass is 9.96. The minimum absolute atomic E-state index is 0.0294. The molecule has 26 heavy (non-hydrogen) atoms. The van der Waals surface area contributed by atoms with Gasteiger partial charge >= 0.3 is 5.97 Å². The third-order valence-electron chi connectivity index (χ3n) is 3.39. The van der Waals surface area contributed by atoms with Crippen molar-refractivity contribution in [1.29, 1.82) is 0 Å². The van der Waals surface area contributed by atoms with Gasteiger partial charge in [0.05, 0.1) is 0 Å². The number of carboxylic acids is 1. The standard InChI is InChI=1S/C17H16.C7H12O2/c1-15(17-13-6-3-7-14-17)9-8-12-16-10-4-2-5-11-16;1-7(2,3)5-4-6(8)9/h2-14H,1H3;4-5H,1-3H3,(H,8,9). The van der Waals surface area contributed by atoms with Crippen LogP contribution in [0.1, 0.15) is 38.8 Å². The summed E-state index contributed by atoms with van der Waals surface area (Å²) in [5.74, 6) is -0.884. The molecule has 0 aliphatic rings. The minimum Gasteiger partial charge on any atom is -0.478 e. The summed E-state index contributed by atoms with van der Waals surface area (Å²) >= 11 is 0. The Kier molecular flexibility index (Phi) is 8.86. The first-order valence-corrected chi connectivity index (χ1v) is 8.65. The van der Waals surface area contributed by atoms with Crippen LogP contribution in [0.25, 0.3) is 11.6 Å². The van der Waals surface area contributed by atoms with Crippen LogP contribution in [0.5, 0.6) is 0 Å². The smallest absolute Gasteiger partial charge is 0.327 e. The number of allylic oxidation sites excluding steroid dienone is 4. The third kappa shape index (κ3) is 10.1. The highest BCUT2D eigenvalue weighted by Crippen LogP contribution is 2.14. The molecule has 136 valence electrons. The summed E-state index contributed by atoms with van der Waals surface area (Å²) < 4.78 is 0. The third-order valence-corrected chi connectivity index (χ3v) is 3.39. The van der Waals surface area contributed by atoms with Gasteiger partial charge < -0.3 is 5.11 Å². The minimum atomic E-state index is -0.884. The molecule has 0 unspecified atom stereocenters. The maximum absolute atomic E-state index is 9.96. The van der Waals surface area contributed by atoms with E-state index in [1.54, 1.807) is 6.08 Å². The second-order valence-electron chi connectivity index (χ2n) is 7.02. The predicted octanol–water partition coefficient (Wildman–Crippen LogP) is 6.48. The quantitative estimate of drug-likeness (QED) is 0.507. The van der Waals surface area contributed by atoms with Gasteiger partial charge in [-0.05, 0) is 29.0 Å². The van der Waals surface area contributed by atoms with Crippen LogP contribution in [0.2, 0.25) is 0 Å². The molecule has 0 aromatic heterocycles. The van der Waals surface area contributed by atoms with Crippen molar-refractivity contribution in [3.63, 3.8) is 0 Å². The largest absolute Gasteiger partial charge is 0.478 e. The zero-order valence-corrected chi connectivity index (χ0v) is 16.0. The fourth-order valence-electron chi connectivity index (χ4n) is 1.99. The Labute approximate surface area is 157 Å². The lowest BCUT2D eigenvalue weighted by molar-refractivity contribution is -0.131. The molecule has 0 saturated heterocycles. The number of aliphatic carboxylic acids is 1. The van der Waals surface area contributed by atoms with E-state index in [2.05, 4.69) is 61.5 Å². The van der Waals surface area contributed by atoms with Crippen LogP contribution in [0.3, 0.4) is 0 Å². The van der Waals surface area contributed by atoms with Gasteiger partial charge in [0.15, 0.2) is 0 Å². The summed E-state index contributed by atoms with van der Waals surface area (Å²) in [5, 5.41) is 8.19. The molecule has 0 spiro atoms. The zero-order valence-electron chi connectivity index (χ0n) is 16.0. The SMILES string of the molecule is CC(=CC=Cc1ccccc1)c1ccccc1.CC(C)(C)C=CC(=O)O. The van der Waals surface area contributed by atoms with Crippen LogP contribution in [-0.2, 0) is 4.79 Å². The molecule has 2 aromatic rings. The van der Waals surface area contributed by atoms with E-state index in [1.165, 1.54) is 22.8 Å². The van der Waals surface area contributed by atoms with Gasteiger partial charge in [-0.3, -0.25) is 0 Å². The van der Waals surface area contributed by atoms with E-state index in [9.17, 15) is 4.79 Å². The molecule has 2 aromatic carbocycles. The van der Waals surface area contributed by atoms with Gasteiger partial charge in [0.1, 0.15) is 0 Å².